The molecule has 230 valence electrons. The van der Waals surface area contributed by atoms with Gasteiger partial charge < -0.3 is 20.4 Å². The molecule has 2 amide bonds. The summed E-state index contributed by atoms with van der Waals surface area (Å²) in [6.45, 7) is 2.88. The molecule has 4 aromatic carbocycles. The van der Waals surface area contributed by atoms with Crippen molar-refractivity contribution in [3.63, 3.8) is 0 Å². The monoisotopic (exact) mass is 632 g/mol. The molecule has 0 radical (unpaired) electrons. The van der Waals surface area contributed by atoms with E-state index < -0.39 is 10.1 Å². The van der Waals surface area contributed by atoms with Gasteiger partial charge in [-0.25, -0.2) is 4.99 Å². The number of anilines is 4. The van der Waals surface area contributed by atoms with E-state index in [1.165, 1.54) is 19.9 Å². The Morgan fingerprint density at radius 2 is 1.30 bits per heavy atom. The van der Waals surface area contributed by atoms with Crippen molar-refractivity contribution in [1.29, 1.82) is 0 Å². The van der Waals surface area contributed by atoms with Crippen molar-refractivity contribution < 1.29 is 27.0 Å². The second kappa shape index (κ2) is 12.3. The van der Waals surface area contributed by atoms with E-state index in [2.05, 4.69) is 16.0 Å². The predicted molar refractivity (Wildman–Crippen MR) is 178 cm³/mol. The van der Waals surface area contributed by atoms with Crippen LogP contribution in [0.2, 0.25) is 0 Å². The molecule has 10 nitrogen and oxygen atoms in total. The number of fused-ring (bicyclic) bond motifs is 2. The van der Waals surface area contributed by atoms with E-state index in [0.717, 1.165) is 5.69 Å². The Morgan fingerprint density at radius 3 is 1.96 bits per heavy atom. The van der Waals surface area contributed by atoms with Gasteiger partial charge in [-0.3, -0.25) is 14.1 Å². The first-order chi connectivity index (χ1) is 22.0. The summed E-state index contributed by atoms with van der Waals surface area (Å²) in [5, 5.41) is 10.0. The van der Waals surface area contributed by atoms with E-state index >= 15 is 0 Å². The van der Waals surface area contributed by atoms with E-state index in [-0.39, 0.29) is 16.7 Å². The molecule has 0 saturated heterocycles. The summed E-state index contributed by atoms with van der Waals surface area (Å²) in [7, 11) is -4.55. The van der Waals surface area contributed by atoms with Gasteiger partial charge in [0.2, 0.25) is 11.8 Å². The zero-order valence-electron chi connectivity index (χ0n) is 24.7. The lowest BCUT2D eigenvalue weighted by Crippen LogP contribution is -2.05. The molecule has 11 heteroatoms. The molecule has 2 aliphatic rings. The summed E-state index contributed by atoms with van der Waals surface area (Å²) in [5.41, 5.74) is 5.44. The third-order valence-corrected chi connectivity index (χ3v) is 7.99. The molecular formula is C35H28N4O6S. The fourth-order valence-electron chi connectivity index (χ4n) is 5.19. The van der Waals surface area contributed by atoms with E-state index in [1.807, 2.05) is 30.3 Å². The quantitative estimate of drug-likeness (QED) is 0.106. The van der Waals surface area contributed by atoms with Gasteiger partial charge in [-0.05, 0) is 78.9 Å². The lowest BCUT2D eigenvalue weighted by Gasteiger charge is -2.18. The van der Waals surface area contributed by atoms with Crippen LogP contribution in [0, 0.1) is 0 Å². The van der Waals surface area contributed by atoms with Crippen molar-refractivity contribution >= 4 is 61.3 Å². The third kappa shape index (κ3) is 6.65. The normalized spacial score (nSPS) is 11.8. The van der Waals surface area contributed by atoms with Gasteiger partial charge >= 0.3 is 0 Å². The summed E-state index contributed by atoms with van der Waals surface area (Å²) in [6.07, 6.45) is 0. The van der Waals surface area contributed by atoms with Gasteiger partial charge in [0.15, 0.2) is 0 Å². The Hall–Kier alpha value is -5.78. The van der Waals surface area contributed by atoms with Crippen LogP contribution in [0.5, 0.6) is 0 Å². The molecule has 46 heavy (non-hydrogen) atoms. The molecule has 0 spiro atoms. The zero-order valence-corrected chi connectivity index (χ0v) is 25.6. The minimum atomic E-state index is -4.55. The number of carbonyl (C=O) groups excluding carboxylic acids is 2. The highest BCUT2D eigenvalue weighted by molar-refractivity contribution is 7.86. The Morgan fingerprint density at radius 1 is 0.696 bits per heavy atom. The average molecular weight is 633 g/mol. The number of nitrogens with zero attached hydrogens (tertiary/aromatic N) is 1. The van der Waals surface area contributed by atoms with Crippen LogP contribution < -0.4 is 21.3 Å². The van der Waals surface area contributed by atoms with E-state index in [0.29, 0.717) is 61.5 Å². The van der Waals surface area contributed by atoms with E-state index in [1.54, 1.807) is 72.8 Å². The predicted octanol–water partition coefficient (Wildman–Crippen LogP) is 7.34. The van der Waals surface area contributed by atoms with Crippen LogP contribution in [0.3, 0.4) is 0 Å². The van der Waals surface area contributed by atoms with Crippen LogP contribution in [0.1, 0.15) is 13.8 Å². The lowest BCUT2D eigenvalue weighted by atomic mass is 9.93. The highest BCUT2D eigenvalue weighted by atomic mass is 32.2. The topological polar surface area (TPSA) is 150 Å². The van der Waals surface area contributed by atoms with Gasteiger partial charge in [-0.2, -0.15) is 8.42 Å². The van der Waals surface area contributed by atoms with E-state index in [4.69, 9.17) is 9.41 Å². The number of nitrogens with one attached hydrogen (secondary N) is 3. The maximum atomic E-state index is 12.4. The van der Waals surface area contributed by atoms with Crippen molar-refractivity contribution in [2.45, 2.75) is 18.7 Å². The maximum Gasteiger partial charge on any atom is 0.295 e. The largest absolute Gasteiger partial charge is 0.456 e. The van der Waals surface area contributed by atoms with Gasteiger partial charge in [-0.1, -0.05) is 18.2 Å². The van der Waals surface area contributed by atoms with Gasteiger partial charge in [0.1, 0.15) is 16.2 Å². The second-order valence-electron chi connectivity index (χ2n) is 10.6. The number of amides is 2. The number of benzene rings is 5. The van der Waals surface area contributed by atoms with Crippen LogP contribution >= 0.6 is 0 Å². The Bertz CT molecular complexity index is 2260. The molecule has 0 unspecified atom stereocenters. The van der Waals surface area contributed by atoms with Crippen molar-refractivity contribution in [2.24, 2.45) is 4.99 Å². The summed E-state index contributed by atoms with van der Waals surface area (Å²) >= 11 is 0. The molecule has 6 rings (SSSR count). The number of rotatable bonds is 7. The van der Waals surface area contributed by atoms with E-state index in [9.17, 15) is 22.6 Å². The smallest absolute Gasteiger partial charge is 0.295 e. The molecule has 4 N–H and O–H groups in total. The summed E-state index contributed by atoms with van der Waals surface area (Å²) in [4.78, 5) is 27.2. The SMILES string of the molecule is CC(=O)Nc1ccc(/N=c2/ccc3c(-c4ccccc4S(=O)(=O)O)c4ccc(Nc5ccc(NC(C)=O)cc5)cc4oc-3c2)cc1. The number of hydrogen-bond donors (Lipinski definition) is 4. The molecule has 0 saturated carbocycles. The van der Waals surface area contributed by atoms with Crippen molar-refractivity contribution in [2.75, 3.05) is 16.0 Å². The van der Waals surface area contributed by atoms with Gasteiger partial charge in [0.05, 0.1) is 11.0 Å². The van der Waals surface area contributed by atoms with Crippen molar-refractivity contribution in [1.82, 2.24) is 0 Å². The molecule has 0 fully saturated rings. The Balaban J connectivity index is 1.49. The van der Waals surface area contributed by atoms with Crippen LogP contribution in [0.4, 0.5) is 28.4 Å². The number of hydrogen-bond acceptors (Lipinski definition) is 7. The van der Waals surface area contributed by atoms with Crippen molar-refractivity contribution in [3.05, 3.63) is 115 Å². The molecule has 0 bridgehead atoms. The molecular weight excluding hydrogens is 604 g/mol. The summed E-state index contributed by atoms with van der Waals surface area (Å²) in [6, 6.07) is 31.4. The maximum absolute atomic E-state index is 12.4. The third-order valence-electron chi connectivity index (χ3n) is 7.08. The molecule has 1 heterocycles. The molecule has 0 aromatic heterocycles. The van der Waals surface area contributed by atoms with Gasteiger partial charge in [-0.15, -0.1) is 0 Å². The average Bonchev–Trinajstić information content (AvgIpc) is 3.01. The highest BCUT2D eigenvalue weighted by Gasteiger charge is 2.23. The highest BCUT2D eigenvalue weighted by Crippen LogP contribution is 2.42. The molecule has 4 aromatic rings. The molecule has 1 aliphatic heterocycles. The lowest BCUT2D eigenvalue weighted by molar-refractivity contribution is -0.115. The van der Waals surface area contributed by atoms with Crippen LogP contribution in [-0.2, 0) is 19.7 Å². The zero-order chi connectivity index (χ0) is 32.4. The van der Waals surface area contributed by atoms with Crippen LogP contribution in [0.25, 0.3) is 33.4 Å². The van der Waals surface area contributed by atoms with Crippen LogP contribution in [-0.4, -0.2) is 24.8 Å². The molecule has 0 atom stereocenters. The van der Waals surface area contributed by atoms with Crippen LogP contribution in [0.15, 0.2) is 123 Å². The van der Waals surface area contributed by atoms with Gasteiger partial charge in [0.25, 0.3) is 10.1 Å². The first-order valence-corrected chi connectivity index (χ1v) is 15.6. The number of carbonyl (C=O) groups is 2. The summed E-state index contributed by atoms with van der Waals surface area (Å²) in [5.74, 6) is 0.115. The second-order valence-corrected chi connectivity index (χ2v) is 12.0. The first kappa shape index (κ1) is 30.3. The minimum Gasteiger partial charge on any atom is -0.456 e. The standard InChI is InChI=1S/C35H28N4O6S/c1-21(40)36-23-7-11-25(12-8-23)38-27-15-17-29-32(19-27)45-33-20-28(39-26-13-9-24(10-14-26)37-22(2)41)16-18-30(33)35(29)31-5-3-4-6-34(31)46(42,43)44/h3-20,38H,1-2H3,(H,36,40)(H,37,41)(H,42,43,44)/b39-28-. The minimum absolute atomic E-state index is 0.161. The first-order valence-electron chi connectivity index (χ1n) is 14.2. The fourth-order valence-corrected chi connectivity index (χ4v) is 5.89. The Kier molecular flexibility index (Phi) is 8.10. The summed E-state index contributed by atoms with van der Waals surface area (Å²) < 4.78 is 41.4. The fraction of sp³-hybridized carbons (Fsp3) is 0.0571. The van der Waals surface area contributed by atoms with Crippen molar-refractivity contribution in [3.8, 4) is 22.5 Å². The molecule has 1 aliphatic carbocycles. The Labute approximate surface area is 264 Å². The van der Waals surface area contributed by atoms with Gasteiger partial charge in [0, 0.05) is 70.8 Å².